The van der Waals surface area contributed by atoms with E-state index >= 15 is 0 Å². The Morgan fingerprint density at radius 3 is 2.62 bits per heavy atom. The summed E-state index contributed by atoms with van der Waals surface area (Å²) in [6.07, 6.45) is 12.3. The second kappa shape index (κ2) is 6.38. The van der Waals surface area contributed by atoms with Crippen LogP contribution >= 0.6 is 0 Å². The maximum Gasteiger partial charge on any atom is 0.102 e. The van der Waals surface area contributed by atoms with Crippen molar-refractivity contribution in [3.8, 4) is 0 Å². The van der Waals surface area contributed by atoms with Gasteiger partial charge in [0.15, 0.2) is 0 Å². The normalized spacial score (nSPS) is 20.3. The third-order valence-corrected chi connectivity index (χ3v) is 5.71. The van der Waals surface area contributed by atoms with E-state index in [4.69, 9.17) is 9.98 Å². The van der Waals surface area contributed by atoms with Gasteiger partial charge >= 0.3 is 0 Å². The van der Waals surface area contributed by atoms with Crippen molar-refractivity contribution in [1.29, 1.82) is 0 Å². The van der Waals surface area contributed by atoms with Gasteiger partial charge in [-0.2, -0.15) is 0 Å². The summed E-state index contributed by atoms with van der Waals surface area (Å²) in [6.45, 7) is 0. The molecule has 138 valence electrons. The molecule has 4 aromatic rings. The number of hydrogen-bond donors (Lipinski definition) is 0. The molecule has 0 saturated heterocycles. The standard InChI is InChI=1S/C25H18N4/c1-2-7-20(8-3-1)29-16-28-25-21(9-4-10-22(25)29)19-14-18-12-11-17-6-5-13-26-23(17)24(18)27-15-19/h1-16,22,25H. The lowest BCUT2D eigenvalue weighted by atomic mass is 9.89. The van der Waals surface area contributed by atoms with Gasteiger partial charge in [-0.15, -0.1) is 0 Å². The molecule has 0 saturated carbocycles. The molecule has 3 heterocycles. The zero-order chi connectivity index (χ0) is 19.2. The molecule has 0 radical (unpaired) electrons. The smallest absolute Gasteiger partial charge is 0.102 e. The molecule has 4 heteroatoms. The molecule has 0 N–H and O–H groups in total. The predicted molar refractivity (Wildman–Crippen MR) is 119 cm³/mol. The molecule has 2 aliphatic rings. The Labute approximate surface area is 168 Å². The van der Waals surface area contributed by atoms with Crippen LogP contribution in [-0.2, 0) is 0 Å². The van der Waals surface area contributed by atoms with Gasteiger partial charge in [0.25, 0.3) is 0 Å². The van der Waals surface area contributed by atoms with E-state index in [1.54, 1.807) is 0 Å². The Bertz CT molecular complexity index is 1320. The van der Waals surface area contributed by atoms with Gasteiger partial charge in [-0.1, -0.05) is 54.6 Å². The summed E-state index contributed by atoms with van der Waals surface area (Å²) in [5.41, 5.74) is 5.35. The van der Waals surface area contributed by atoms with Crippen molar-refractivity contribution in [3.05, 3.63) is 96.8 Å². The largest absolute Gasteiger partial charge is 0.323 e. The first-order valence-corrected chi connectivity index (χ1v) is 9.77. The van der Waals surface area contributed by atoms with Crippen LogP contribution < -0.4 is 4.90 Å². The highest BCUT2D eigenvalue weighted by Gasteiger charge is 2.34. The van der Waals surface area contributed by atoms with E-state index in [2.05, 4.69) is 76.6 Å². The van der Waals surface area contributed by atoms with Crippen molar-refractivity contribution in [2.75, 3.05) is 4.90 Å². The molecule has 6 rings (SSSR count). The lowest BCUT2D eigenvalue weighted by Crippen LogP contribution is -2.36. The van der Waals surface area contributed by atoms with Crippen LogP contribution in [0.5, 0.6) is 0 Å². The van der Waals surface area contributed by atoms with Crippen LogP contribution in [0.25, 0.3) is 27.4 Å². The highest BCUT2D eigenvalue weighted by molar-refractivity contribution is 6.03. The average molecular weight is 374 g/mol. The highest BCUT2D eigenvalue weighted by Crippen LogP contribution is 2.35. The third kappa shape index (κ3) is 2.57. The van der Waals surface area contributed by atoms with Gasteiger partial charge in [-0.05, 0) is 35.4 Å². The number of fused-ring (bicyclic) bond motifs is 4. The Hall–Kier alpha value is -3.79. The monoisotopic (exact) mass is 374 g/mol. The molecule has 1 aliphatic carbocycles. The van der Waals surface area contributed by atoms with Crippen molar-refractivity contribution in [3.63, 3.8) is 0 Å². The van der Waals surface area contributed by atoms with Crippen LogP contribution in [0.3, 0.4) is 0 Å². The van der Waals surface area contributed by atoms with E-state index in [0.717, 1.165) is 33.1 Å². The van der Waals surface area contributed by atoms with Gasteiger partial charge in [0.05, 0.1) is 23.4 Å². The zero-order valence-corrected chi connectivity index (χ0v) is 15.7. The highest BCUT2D eigenvalue weighted by atomic mass is 15.3. The van der Waals surface area contributed by atoms with E-state index in [0.29, 0.717) is 0 Å². The first-order valence-electron chi connectivity index (χ1n) is 9.77. The minimum absolute atomic E-state index is 0.0676. The number of para-hydroxylation sites is 1. The SMILES string of the molecule is C1=CC2C(N=CN2c2ccccc2)C(c2cnc3c(ccc4cccnc43)c2)=C1. The summed E-state index contributed by atoms with van der Waals surface area (Å²) < 4.78 is 0. The number of allylic oxidation sites excluding steroid dienone is 2. The molecule has 0 bridgehead atoms. The first-order chi connectivity index (χ1) is 14.4. The Morgan fingerprint density at radius 1 is 0.828 bits per heavy atom. The summed E-state index contributed by atoms with van der Waals surface area (Å²) in [5, 5.41) is 2.21. The van der Waals surface area contributed by atoms with Crippen molar-refractivity contribution < 1.29 is 0 Å². The molecule has 4 nitrogen and oxygen atoms in total. The van der Waals surface area contributed by atoms with Crippen LogP contribution in [0, 0.1) is 0 Å². The molecule has 2 unspecified atom stereocenters. The second-order valence-electron chi connectivity index (χ2n) is 7.39. The maximum atomic E-state index is 4.84. The molecule has 2 aromatic carbocycles. The first kappa shape index (κ1) is 16.2. The Kier molecular flexibility index (Phi) is 3.56. The van der Waals surface area contributed by atoms with Gasteiger partial charge in [-0.3, -0.25) is 15.0 Å². The fraction of sp³-hybridized carbons (Fsp3) is 0.0800. The van der Waals surface area contributed by atoms with E-state index < -0.39 is 0 Å². The topological polar surface area (TPSA) is 41.4 Å². The summed E-state index contributed by atoms with van der Waals surface area (Å²) >= 11 is 0. The number of anilines is 1. The van der Waals surface area contributed by atoms with Crippen molar-refractivity contribution >= 4 is 39.4 Å². The molecular formula is C25H18N4. The van der Waals surface area contributed by atoms with E-state index in [1.165, 1.54) is 5.57 Å². The number of pyridine rings is 2. The minimum atomic E-state index is 0.0676. The maximum absolute atomic E-state index is 4.84. The molecule has 29 heavy (non-hydrogen) atoms. The molecule has 2 aromatic heterocycles. The van der Waals surface area contributed by atoms with Gasteiger partial charge < -0.3 is 4.90 Å². The summed E-state index contributed by atoms with van der Waals surface area (Å²) in [6, 6.07) is 21.1. The second-order valence-corrected chi connectivity index (χ2v) is 7.39. The van der Waals surface area contributed by atoms with Gasteiger partial charge in [0, 0.05) is 28.9 Å². The average Bonchev–Trinajstić information content (AvgIpc) is 3.23. The quantitative estimate of drug-likeness (QED) is 0.463. The number of rotatable bonds is 2. The molecular weight excluding hydrogens is 356 g/mol. The molecule has 2 atom stereocenters. The summed E-state index contributed by atoms with van der Waals surface area (Å²) in [7, 11) is 0. The van der Waals surface area contributed by atoms with Crippen molar-refractivity contribution in [2.24, 2.45) is 4.99 Å². The minimum Gasteiger partial charge on any atom is -0.323 e. The number of nitrogens with zero attached hydrogens (tertiary/aromatic N) is 4. The molecule has 1 aliphatic heterocycles. The van der Waals surface area contributed by atoms with Crippen LogP contribution in [0.2, 0.25) is 0 Å². The number of hydrogen-bond acceptors (Lipinski definition) is 4. The lowest BCUT2D eigenvalue weighted by molar-refractivity contribution is 0.754. The zero-order valence-electron chi connectivity index (χ0n) is 15.7. The molecule has 0 spiro atoms. The summed E-state index contributed by atoms with van der Waals surface area (Å²) in [4.78, 5) is 16.4. The Balaban J connectivity index is 1.40. The third-order valence-electron chi connectivity index (χ3n) is 5.71. The van der Waals surface area contributed by atoms with E-state index in [-0.39, 0.29) is 12.1 Å². The van der Waals surface area contributed by atoms with Gasteiger partial charge in [0.1, 0.15) is 6.04 Å². The number of aliphatic imine (C=N–C) groups is 1. The Morgan fingerprint density at radius 2 is 1.69 bits per heavy atom. The molecule has 0 amide bonds. The fourth-order valence-corrected chi connectivity index (χ4v) is 4.29. The lowest BCUT2D eigenvalue weighted by Gasteiger charge is -2.29. The number of benzene rings is 2. The van der Waals surface area contributed by atoms with E-state index in [1.807, 2.05) is 30.9 Å². The van der Waals surface area contributed by atoms with Gasteiger partial charge in [0.2, 0.25) is 0 Å². The van der Waals surface area contributed by atoms with Crippen molar-refractivity contribution in [1.82, 2.24) is 9.97 Å². The number of aromatic nitrogens is 2. The fourth-order valence-electron chi connectivity index (χ4n) is 4.29. The van der Waals surface area contributed by atoms with Crippen LogP contribution in [0.15, 0.2) is 96.3 Å². The van der Waals surface area contributed by atoms with Crippen LogP contribution in [-0.4, -0.2) is 28.4 Å². The van der Waals surface area contributed by atoms with Crippen LogP contribution in [0.1, 0.15) is 5.56 Å². The van der Waals surface area contributed by atoms with Crippen LogP contribution in [0.4, 0.5) is 5.69 Å². The molecule has 0 fully saturated rings. The van der Waals surface area contributed by atoms with Crippen molar-refractivity contribution in [2.45, 2.75) is 12.1 Å². The summed E-state index contributed by atoms with van der Waals surface area (Å²) in [5.74, 6) is 0. The predicted octanol–water partition coefficient (Wildman–Crippen LogP) is 5.02. The van der Waals surface area contributed by atoms with E-state index in [9.17, 15) is 0 Å². The van der Waals surface area contributed by atoms with Gasteiger partial charge in [-0.25, -0.2) is 0 Å².